The normalized spacial score (nSPS) is 18.6. The Hall–Kier alpha value is -1.40. The van der Waals surface area contributed by atoms with E-state index in [4.69, 9.17) is 4.74 Å². The smallest absolute Gasteiger partial charge is 0.214 e. The van der Waals surface area contributed by atoms with Crippen LogP contribution in [0.4, 0.5) is 0 Å². The number of aromatic nitrogens is 4. The van der Waals surface area contributed by atoms with Crippen molar-refractivity contribution in [2.45, 2.75) is 11.3 Å². The Balaban J connectivity index is 1.81. The van der Waals surface area contributed by atoms with Crippen LogP contribution in [0, 0.1) is 0 Å². The molecule has 1 fully saturated rings. The summed E-state index contributed by atoms with van der Waals surface area (Å²) in [5.74, 6) is 0.910. The van der Waals surface area contributed by atoms with Gasteiger partial charge in [0.15, 0.2) is 0 Å². The molecule has 0 saturated carbocycles. The number of para-hydroxylation sites is 1. The number of hydrogen-bond donors (Lipinski definition) is 0. The molecule has 0 spiro atoms. The average Bonchev–Trinajstić information content (AvgIpc) is 3.05. The highest BCUT2D eigenvalue weighted by Gasteiger charge is 2.23. The van der Waals surface area contributed by atoms with Gasteiger partial charge in [-0.3, -0.25) is 0 Å². The molecule has 5 nitrogen and oxygen atoms in total. The first-order valence-electron chi connectivity index (χ1n) is 5.02. The van der Waals surface area contributed by atoms with E-state index in [1.54, 1.807) is 16.4 Å². The second kappa shape index (κ2) is 4.23. The van der Waals surface area contributed by atoms with Crippen molar-refractivity contribution < 1.29 is 4.74 Å². The van der Waals surface area contributed by atoms with E-state index in [9.17, 15) is 0 Å². The molecule has 82 valence electrons. The van der Waals surface area contributed by atoms with Gasteiger partial charge in [0.25, 0.3) is 0 Å². The molecule has 3 rings (SSSR count). The summed E-state index contributed by atoms with van der Waals surface area (Å²) in [4.78, 5) is 0. The molecule has 0 amide bonds. The van der Waals surface area contributed by atoms with Crippen LogP contribution in [0.5, 0.6) is 0 Å². The van der Waals surface area contributed by atoms with Gasteiger partial charge in [0.2, 0.25) is 5.16 Å². The number of epoxide rings is 1. The Morgan fingerprint density at radius 3 is 2.94 bits per heavy atom. The zero-order valence-electron chi connectivity index (χ0n) is 8.48. The van der Waals surface area contributed by atoms with Crippen LogP contribution >= 0.6 is 11.8 Å². The van der Waals surface area contributed by atoms with E-state index in [2.05, 4.69) is 15.5 Å². The van der Waals surface area contributed by atoms with Gasteiger partial charge in [0.05, 0.1) is 18.4 Å². The van der Waals surface area contributed by atoms with Crippen molar-refractivity contribution in [3.8, 4) is 5.69 Å². The Morgan fingerprint density at radius 1 is 1.38 bits per heavy atom. The minimum Gasteiger partial charge on any atom is -0.372 e. The van der Waals surface area contributed by atoms with Gasteiger partial charge in [-0.2, -0.15) is 4.68 Å². The molecule has 2 aromatic rings. The summed E-state index contributed by atoms with van der Waals surface area (Å²) >= 11 is 1.62. The van der Waals surface area contributed by atoms with Crippen LogP contribution in [-0.4, -0.2) is 38.7 Å². The Morgan fingerprint density at radius 2 is 2.19 bits per heavy atom. The quantitative estimate of drug-likeness (QED) is 0.587. The lowest BCUT2D eigenvalue weighted by Gasteiger charge is -2.02. The fourth-order valence-electron chi connectivity index (χ4n) is 1.33. The van der Waals surface area contributed by atoms with Crippen LogP contribution < -0.4 is 0 Å². The number of ether oxygens (including phenoxy) is 1. The van der Waals surface area contributed by atoms with Crippen molar-refractivity contribution in [2.24, 2.45) is 0 Å². The molecular weight excluding hydrogens is 224 g/mol. The van der Waals surface area contributed by atoms with Gasteiger partial charge in [0.1, 0.15) is 0 Å². The summed E-state index contributed by atoms with van der Waals surface area (Å²) in [5.41, 5.74) is 0.978. The zero-order chi connectivity index (χ0) is 10.8. The van der Waals surface area contributed by atoms with Gasteiger partial charge >= 0.3 is 0 Å². The van der Waals surface area contributed by atoms with Gasteiger partial charge in [-0.05, 0) is 22.6 Å². The van der Waals surface area contributed by atoms with E-state index < -0.39 is 0 Å². The van der Waals surface area contributed by atoms with Gasteiger partial charge in [-0.25, -0.2) is 0 Å². The Bertz CT molecular complexity index is 469. The molecule has 1 aliphatic rings. The van der Waals surface area contributed by atoms with Gasteiger partial charge in [-0.15, -0.1) is 5.10 Å². The van der Waals surface area contributed by atoms with Crippen molar-refractivity contribution in [1.82, 2.24) is 20.2 Å². The van der Waals surface area contributed by atoms with Crippen molar-refractivity contribution in [1.29, 1.82) is 0 Å². The predicted octanol–water partition coefficient (Wildman–Crippen LogP) is 1.15. The number of rotatable bonds is 4. The van der Waals surface area contributed by atoms with E-state index in [1.165, 1.54) is 0 Å². The van der Waals surface area contributed by atoms with E-state index in [0.717, 1.165) is 23.2 Å². The summed E-state index contributed by atoms with van der Waals surface area (Å²) in [6.07, 6.45) is 0.380. The molecular formula is C10H10N4OS. The van der Waals surface area contributed by atoms with Crippen molar-refractivity contribution in [2.75, 3.05) is 12.4 Å². The fraction of sp³-hybridized carbons (Fsp3) is 0.300. The van der Waals surface area contributed by atoms with E-state index in [0.29, 0.717) is 6.10 Å². The summed E-state index contributed by atoms with van der Waals surface area (Å²) in [7, 11) is 0. The molecule has 0 bridgehead atoms. The molecule has 0 radical (unpaired) electrons. The van der Waals surface area contributed by atoms with Crippen molar-refractivity contribution in [3.05, 3.63) is 30.3 Å². The highest BCUT2D eigenvalue weighted by molar-refractivity contribution is 7.99. The third-order valence-corrected chi connectivity index (χ3v) is 3.29. The molecule has 0 N–H and O–H groups in total. The molecule has 1 aromatic carbocycles. The maximum Gasteiger partial charge on any atom is 0.214 e. The van der Waals surface area contributed by atoms with Crippen LogP contribution in [0.3, 0.4) is 0 Å². The molecule has 1 aromatic heterocycles. The molecule has 16 heavy (non-hydrogen) atoms. The van der Waals surface area contributed by atoms with Crippen molar-refractivity contribution >= 4 is 11.8 Å². The third kappa shape index (κ3) is 2.07. The first-order valence-corrected chi connectivity index (χ1v) is 6.00. The van der Waals surface area contributed by atoms with Gasteiger partial charge in [0, 0.05) is 5.75 Å². The van der Waals surface area contributed by atoms with E-state index >= 15 is 0 Å². The highest BCUT2D eigenvalue weighted by atomic mass is 32.2. The third-order valence-electron chi connectivity index (χ3n) is 2.24. The largest absolute Gasteiger partial charge is 0.372 e. The summed E-state index contributed by atoms with van der Waals surface area (Å²) < 4.78 is 6.90. The molecule has 1 saturated heterocycles. The van der Waals surface area contributed by atoms with Crippen LogP contribution in [0.2, 0.25) is 0 Å². The molecule has 6 heteroatoms. The fourth-order valence-corrected chi connectivity index (χ4v) is 2.22. The second-order valence-electron chi connectivity index (χ2n) is 3.48. The van der Waals surface area contributed by atoms with Crippen molar-refractivity contribution in [3.63, 3.8) is 0 Å². The van der Waals surface area contributed by atoms with Crippen LogP contribution in [-0.2, 0) is 4.74 Å². The molecule has 1 atom stereocenters. The summed E-state index contributed by atoms with van der Waals surface area (Å²) in [6, 6.07) is 9.87. The first kappa shape index (κ1) is 9.80. The summed E-state index contributed by atoms with van der Waals surface area (Å²) in [6.45, 7) is 0.861. The minimum atomic E-state index is 0.380. The number of benzene rings is 1. The van der Waals surface area contributed by atoms with E-state index in [1.807, 2.05) is 30.3 Å². The molecule has 0 aliphatic carbocycles. The first-order chi connectivity index (χ1) is 7.93. The predicted molar refractivity (Wildman–Crippen MR) is 59.6 cm³/mol. The zero-order valence-corrected chi connectivity index (χ0v) is 9.30. The maximum absolute atomic E-state index is 5.15. The Kier molecular flexibility index (Phi) is 2.59. The monoisotopic (exact) mass is 234 g/mol. The lowest BCUT2D eigenvalue weighted by Crippen LogP contribution is -2.00. The highest BCUT2D eigenvalue weighted by Crippen LogP contribution is 2.23. The van der Waals surface area contributed by atoms with Gasteiger partial charge < -0.3 is 4.74 Å². The number of nitrogens with zero attached hydrogens (tertiary/aromatic N) is 4. The molecule has 2 heterocycles. The minimum absolute atomic E-state index is 0.380. The topological polar surface area (TPSA) is 56.1 Å². The second-order valence-corrected chi connectivity index (χ2v) is 4.46. The van der Waals surface area contributed by atoms with Crippen LogP contribution in [0.15, 0.2) is 35.5 Å². The number of tetrazole rings is 1. The molecule has 0 unspecified atom stereocenters. The number of hydrogen-bond acceptors (Lipinski definition) is 5. The lowest BCUT2D eigenvalue weighted by atomic mass is 10.3. The number of thioether (sulfide) groups is 1. The molecule has 1 aliphatic heterocycles. The lowest BCUT2D eigenvalue weighted by molar-refractivity contribution is 0.426. The van der Waals surface area contributed by atoms with E-state index in [-0.39, 0.29) is 0 Å². The standard InChI is InChI=1S/C10H10N4OS/c1-2-4-8(5-3-1)14-10(11-12-13-14)16-7-9-6-15-9/h1-5,9H,6-7H2/t9-/m1/s1. The van der Waals surface area contributed by atoms with Gasteiger partial charge in [-0.1, -0.05) is 30.0 Å². The average molecular weight is 234 g/mol. The maximum atomic E-state index is 5.15. The summed E-state index contributed by atoms with van der Waals surface area (Å²) in [5, 5.41) is 12.5. The SMILES string of the molecule is c1ccc(-n2nnnc2SC[C@H]2CO2)cc1. The van der Waals surface area contributed by atoms with Crippen LogP contribution in [0.25, 0.3) is 5.69 Å². The van der Waals surface area contributed by atoms with Crippen LogP contribution in [0.1, 0.15) is 0 Å². The Labute approximate surface area is 96.8 Å².